The Morgan fingerprint density at radius 1 is 1.42 bits per heavy atom. The number of nitrogens with zero attached hydrogens (tertiary/aromatic N) is 4. The molecule has 0 saturated carbocycles. The van der Waals surface area contributed by atoms with Crippen molar-refractivity contribution in [3.63, 3.8) is 0 Å². The molecule has 1 amide bonds. The van der Waals surface area contributed by atoms with Gasteiger partial charge in [0, 0.05) is 31.5 Å². The molecule has 3 heterocycles. The molecule has 0 bridgehead atoms. The number of hydrogen-bond acceptors (Lipinski definition) is 6. The molecule has 7 nitrogen and oxygen atoms in total. The zero-order valence-corrected chi connectivity index (χ0v) is 13.0. The number of rotatable bonds is 5. The van der Waals surface area contributed by atoms with Crippen molar-refractivity contribution in [2.24, 2.45) is 0 Å². The predicted octanol–water partition coefficient (Wildman–Crippen LogP) is 2.08. The van der Waals surface area contributed by atoms with E-state index in [0.717, 1.165) is 4.90 Å². The molecule has 1 atom stereocenters. The highest BCUT2D eigenvalue weighted by atomic mass is 19.3. The maximum absolute atomic E-state index is 13.8. The second kappa shape index (κ2) is 6.60. The molecule has 2 aromatic rings. The van der Waals surface area contributed by atoms with Crippen molar-refractivity contribution in [3.8, 4) is 11.5 Å². The third-order valence-electron chi connectivity index (χ3n) is 3.76. The first-order chi connectivity index (χ1) is 11.5. The fraction of sp³-hybridized carbons (Fsp3) is 0.467. The first-order valence-electron chi connectivity index (χ1n) is 7.40. The van der Waals surface area contributed by atoms with Crippen LogP contribution < -0.4 is 0 Å². The van der Waals surface area contributed by atoms with E-state index in [4.69, 9.17) is 9.15 Å². The largest absolute Gasteiger partial charge is 0.418 e. The molecule has 3 rings (SSSR count). The monoisotopic (exact) mass is 338 g/mol. The number of pyridine rings is 1. The molecular formula is C15H16F2N4O3. The maximum Gasteiger partial charge on any atom is 0.267 e. The van der Waals surface area contributed by atoms with Crippen molar-refractivity contribution < 1.29 is 22.7 Å². The molecule has 0 unspecified atom stereocenters. The third-order valence-corrected chi connectivity index (χ3v) is 3.76. The molecule has 1 aliphatic rings. The van der Waals surface area contributed by atoms with E-state index in [1.165, 1.54) is 7.11 Å². The van der Waals surface area contributed by atoms with Crippen molar-refractivity contribution in [3.05, 3.63) is 30.4 Å². The molecular weight excluding hydrogens is 322 g/mol. The van der Waals surface area contributed by atoms with E-state index in [1.54, 1.807) is 24.5 Å². The zero-order chi connectivity index (χ0) is 17.2. The smallest absolute Gasteiger partial charge is 0.267 e. The molecule has 2 aromatic heterocycles. The highest BCUT2D eigenvalue weighted by Gasteiger charge is 2.49. The summed E-state index contributed by atoms with van der Waals surface area (Å²) in [6.07, 6.45) is 2.60. The fourth-order valence-corrected chi connectivity index (χ4v) is 2.61. The van der Waals surface area contributed by atoms with Crippen molar-refractivity contribution in [1.82, 2.24) is 20.1 Å². The van der Waals surface area contributed by atoms with E-state index in [9.17, 15) is 13.6 Å². The number of amides is 1. The van der Waals surface area contributed by atoms with Crippen molar-refractivity contribution in [2.75, 3.05) is 20.3 Å². The third kappa shape index (κ3) is 3.40. The molecule has 0 radical (unpaired) electrons. The minimum Gasteiger partial charge on any atom is -0.418 e. The average molecular weight is 338 g/mol. The van der Waals surface area contributed by atoms with Crippen LogP contribution in [-0.2, 0) is 9.53 Å². The van der Waals surface area contributed by atoms with Gasteiger partial charge in [0.15, 0.2) is 0 Å². The lowest BCUT2D eigenvalue weighted by Gasteiger charge is -2.21. The fourth-order valence-electron chi connectivity index (χ4n) is 2.61. The van der Waals surface area contributed by atoms with Crippen molar-refractivity contribution in [2.45, 2.75) is 24.8 Å². The predicted molar refractivity (Wildman–Crippen MR) is 78.0 cm³/mol. The van der Waals surface area contributed by atoms with Crippen LogP contribution in [0.5, 0.6) is 0 Å². The summed E-state index contributed by atoms with van der Waals surface area (Å²) in [6, 6.07) is 2.40. The molecule has 128 valence electrons. The van der Waals surface area contributed by atoms with Gasteiger partial charge in [0.1, 0.15) is 6.04 Å². The SMILES string of the molecule is COCCC(=O)N1CC(F)(F)C[C@H]1c1nnc(-c2ccncc2)o1. The molecule has 1 fully saturated rings. The van der Waals surface area contributed by atoms with E-state index in [1.807, 2.05) is 0 Å². The summed E-state index contributed by atoms with van der Waals surface area (Å²) in [5.74, 6) is -3.21. The summed E-state index contributed by atoms with van der Waals surface area (Å²) in [5.41, 5.74) is 0.630. The summed E-state index contributed by atoms with van der Waals surface area (Å²) < 4.78 is 38.0. The van der Waals surface area contributed by atoms with Gasteiger partial charge in [-0.1, -0.05) is 0 Å². The quantitative estimate of drug-likeness (QED) is 0.830. The minimum absolute atomic E-state index is 0.00440. The van der Waals surface area contributed by atoms with E-state index < -0.39 is 30.8 Å². The van der Waals surface area contributed by atoms with Gasteiger partial charge in [-0.05, 0) is 12.1 Å². The Hall–Kier alpha value is -2.42. The van der Waals surface area contributed by atoms with Crippen LogP contribution in [0.1, 0.15) is 24.8 Å². The summed E-state index contributed by atoms with van der Waals surface area (Å²) in [4.78, 5) is 17.1. The van der Waals surface area contributed by atoms with Gasteiger partial charge in [0.2, 0.25) is 17.7 Å². The molecule has 24 heavy (non-hydrogen) atoms. The topological polar surface area (TPSA) is 81.4 Å². The molecule has 0 aromatic carbocycles. The van der Waals surface area contributed by atoms with Gasteiger partial charge < -0.3 is 14.1 Å². The summed E-state index contributed by atoms with van der Waals surface area (Å²) in [7, 11) is 1.45. The van der Waals surface area contributed by atoms with Crippen LogP contribution in [0.25, 0.3) is 11.5 Å². The van der Waals surface area contributed by atoms with Crippen LogP contribution in [0.4, 0.5) is 8.78 Å². The molecule has 9 heteroatoms. The van der Waals surface area contributed by atoms with Gasteiger partial charge in [-0.15, -0.1) is 10.2 Å². The number of carbonyl (C=O) groups is 1. The van der Waals surface area contributed by atoms with E-state index in [0.29, 0.717) is 5.56 Å². The van der Waals surface area contributed by atoms with Gasteiger partial charge in [-0.25, -0.2) is 8.78 Å². The summed E-state index contributed by atoms with van der Waals surface area (Å²) in [6.45, 7) is -0.493. The van der Waals surface area contributed by atoms with Crippen LogP contribution in [-0.4, -0.2) is 52.2 Å². The first kappa shape index (κ1) is 16.4. The van der Waals surface area contributed by atoms with Crippen LogP contribution in [0.15, 0.2) is 28.9 Å². The second-order valence-electron chi connectivity index (χ2n) is 5.52. The Morgan fingerprint density at radius 2 is 2.17 bits per heavy atom. The Bertz CT molecular complexity index is 708. The van der Waals surface area contributed by atoms with Crippen molar-refractivity contribution in [1.29, 1.82) is 0 Å². The number of halogens is 2. The first-order valence-corrected chi connectivity index (χ1v) is 7.40. The lowest BCUT2D eigenvalue weighted by molar-refractivity contribution is -0.134. The van der Waals surface area contributed by atoms with Crippen LogP contribution in [0.2, 0.25) is 0 Å². The number of ether oxygens (including phenoxy) is 1. The molecule has 1 saturated heterocycles. The number of alkyl halides is 2. The second-order valence-corrected chi connectivity index (χ2v) is 5.52. The van der Waals surface area contributed by atoms with Crippen LogP contribution >= 0.6 is 0 Å². The van der Waals surface area contributed by atoms with Gasteiger partial charge >= 0.3 is 0 Å². The molecule has 0 spiro atoms. The lowest BCUT2D eigenvalue weighted by atomic mass is 10.2. The Labute approximate surface area is 136 Å². The maximum atomic E-state index is 13.8. The van der Waals surface area contributed by atoms with E-state index in [2.05, 4.69) is 15.2 Å². The average Bonchev–Trinajstić information content (AvgIpc) is 3.17. The highest BCUT2D eigenvalue weighted by molar-refractivity contribution is 5.77. The summed E-state index contributed by atoms with van der Waals surface area (Å²) in [5, 5.41) is 7.74. The molecule has 0 N–H and O–H groups in total. The Morgan fingerprint density at radius 3 is 2.88 bits per heavy atom. The molecule has 1 aliphatic heterocycles. The van der Waals surface area contributed by atoms with Crippen LogP contribution in [0, 0.1) is 0 Å². The number of methoxy groups -OCH3 is 1. The van der Waals surface area contributed by atoms with Gasteiger partial charge in [0.25, 0.3) is 5.92 Å². The van der Waals surface area contributed by atoms with Gasteiger partial charge in [0.05, 0.1) is 19.6 Å². The van der Waals surface area contributed by atoms with E-state index >= 15 is 0 Å². The normalized spacial score (nSPS) is 19.6. The standard InChI is InChI=1S/C15H16F2N4O3/c1-23-7-4-12(22)21-9-15(16,17)8-11(21)14-20-19-13(24-14)10-2-5-18-6-3-10/h2-3,5-6,11H,4,7-9H2,1H3/t11-/m0/s1. The Balaban J connectivity index is 1.83. The lowest BCUT2D eigenvalue weighted by Crippen LogP contribution is -2.33. The van der Waals surface area contributed by atoms with Crippen molar-refractivity contribution >= 4 is 5.91 Å². The van der Waals surface area contributed by atoms with Gasteiger partial charge in [-0.3, -0.25) is 9.78 Å². The zero-order valence-electron chi connectivity index (χ0n) is 13.0. The Kier molecular flexibility index (Phi) is 4.52. The molecule has 0 aliphatic carbocycles. The highest BCUT2D eigenvalue weighted by Crippen LogP contribution is 2.41. The minimum atomic E-state index is -2.99. The van der Waals surface area contributed by atoms with Gasteiger partial charge in [-0.2, -0.15) is 0 Å². The van der Waals surface area contributed by atoms with E-state index in [-0.39, 0.29) is 24.8 Å². The number of hydrogen-bond donors (Lipinski definition) is 0. The number of aromatic nitrogens is 3. The van der Waals surface area contributed by atoms with Crippen LogP contribution in [0.3, 0.4) is 0 Å². The number of carbonyl (C=O) groups excluding carboxylic acids is 1. The summed E-state index contributed by atoms with van der Waals surface area (Å²) >= 11 is 0. The number of likely N-dealkylation sites (tertiary alicyclic amines) is 1.